The van der Waals surface area contributed by atoms with Crippen molar-refractivity contribution in [1.82, 2.24) is 4.98 Å². The Morgan fingerprint density at radius 3 is 3.17 bits per heavy atom. The maximum absolute atomic E-state index is 5.58. The van der Waals surface area contributed by atoms with Crippen LogP contribution in [0.2, 0.25) is 0 Å². The number of hydrogen-bond donors (Lipinski definition) is 0. The monoisotopic (exact) mass is 201 g/mol. The fourth-order valence-electron chi connectivity index (χ4n) is 0.615. The first kappa shape index (κ1) is 9.37. The fraction of sp³-hybridized carbons (Fsp3) is 0.375. The molecule has 0 aliphatic carbocycles. The molecule has 0 amide bonds. The molecule has 0 bridgehead atoms. The van der Waals surface area contributed by atoms with E-state index in [2.05, 4.69) is 10.9 Å². The molecular weight excluding hydrogens is 194 g/mol. The lowest BCUT2D eigenvalue weighted by Gasteiger charge is -1.95. The molecule has 1 aromatic heterocycles. The first-order chi connectivity index (χ1) is 5.86. The average Bonchev–Trinajstić information content (AvgIpc) is 2.53. The molecule has 0 aliphatic heterocycles. The molecule has 2 nitrogen and oxygen atoms in total. The predicted molar refractivity (Wildman–Crippen MR) is 50.6 cm³/mol. The number of halogens is 1. The Bertz CT molecular complexity index is 279. The summed E-state index contributed by atoms with van der Waals surface area (Å²) >= 11 is 7.03. The lowest BCUT2D eigenvalue weighted by molar-refractivity contribution is 0.325. The summed E-state index contributed by atoms with van der Waals surface area (Å²) in [4.78, 5) is 5.01. The van der Waals surface area contributed by atoms with E-state index in [1.807, 2.05) is 0 Å². The Morgan fingerprint density at radius 1 is 1.75 bits per heavy atom. The van der Waals surface area contributed by atoms with Gasteiger partial charge < -0.3 is 4.74 Å². The summed E-state index contributed by atoms with van der Waals surface area (Å²) in [5.41, 5.74) is 0. The van der Waals surface area contributed by atoms with E-state index in [1.54, 1.807) is 6.20 Å². The third kappa shape index (κ3) is 2.72. The lowest BCUT2D eigenvalue weighted by Crippen LogP contribution is -1.94. The van der Waals surface area contributed by atoms with Gasteiger partial charge in [-0.3, -0.25) is 0 Å². The number of thiazole rings is 1. The summed E-state index contributed by atoms with van der Waals surface area (Å²) in [5, 5.41) is 0.640. The van der Waals surface area contributed by atoms with E-state index in [0.717, 1.165) is 4.88 Å². The molecular formula is C8H8ClNOS. The molecule has 0 saturated heterocycles. The van der Waals surface area contributed by atoms with Gasteiger partial charge in [-0.1, -0.05) is 11.3 Å². The van der Waals surface area contributed by atoms with Crippen LogP contribution in [0.5, 0.6) is 5.19 Å². The van der Waals surface area contributed by atoms with Gasteiger partial charge in [0.2, 0.25) is 0 Å². The Hall–Kier alpha value is -0.720. The summed E-state index contributed by atoms with van der Waals surface area (Å²) < 4.78 is 5.24. The van der Waals surface area contributed by atoms with Gasteiger partial charge in [-0.15, -0.1) is 23.9 Å². The van der Waals surface area contributed by atoms with Crippen molar-refractivity contribution in [2.75, 3.05) is 6.61 Å². The number of nitrogens with zero attached hydrogens (tertiary/aromatic N) is 1. The van der Waals surface area contributed by atoms with Gasteiger partial charge in [-0.05, 0) is 0 Å². The van der Waals surface area contributed by atoms with E-state index in [-0.39, 0.29) is 0 Å². The lowest BCUT2D eigenvalue weighted by atomic mass is 10.5. The highest BCUT2D eigenvalue weighted by Gasteiger charge is 2.00. The minimum absolute atomic E-state index is 0.482. The number of terminal acetylenes is 1. The van der Waals surface area contributed by atoms with Crippen molar-refractivity contribution in [3.63, 3.8) is 0 Å². The van der Waals surface area contributed by atoms with Gasteiger partial charge in [-0.25, -0.2) is 4.98 Å². The average molecular weight is 202 g/mol. The summed E-state index contributed by atoms with van der Waals surface area (Å²) in [6.45, 7) is 0.520. The van der Waals surface area contributed by atoms with E-state index in [9.17, 15) is 0 Å². The van der Waals surface area contributed by atoms with Gasteiger partial charge in [0.1, 0.15) is 6.61 Å². The highest BCUT2D eigenvalue weighted by Crippen LogP contribution is 2.21. The maximum atomic E-state index is 5.58. The zero-order valence-electron chi connectivity index (χ0n) is 6.42. The molecule has 0 N–H and O–H groups in total. The third-order valence-corrected chi connectivity index (χ3v) is 2.49. The van der Waals surface area contributed by atoms with Gasteiger partial charge in [0.05, 0.1) is 5.88 Å². The second kappa shape index (κ2) is 5.02. The van der Waals surface area contributed by atoms with Crippen LogP contribution in [0.3, 0.4) is 0 Å². The van der Waals surface area contributed by atoms with E-state index >= 15 is 0 Å². The SMILES string of the molecule is C#CCCOc1ncc(CCl)s1. The zero-order valence-corrected chi connectivity index (χ0v) is 7.99. The van der Waals surface area contributed by atoms with Crippen LogP contribution < -0.4 is 4.74 Å². The molecule has 4 heteroatoms. The quantitative estimate of drug-likeness (QED) is 0.424. The smallest absolute Gasteiger partial charge is 0.273 e. The molecule has 0 unspecified atom stereocenters. The number of rotatable bonds is 4. The van der Waals surface area contributed by atoms with Crippen LogP contribution in [0.1, 0.15) is 11.3 Å². The van der Waals surface area contributed by atoms with Crippen LogP contribution >= 0.6 is 22.9 Å². The van der Waals surface area contributed by atoms with E-state index in [4.69, 9.17) is 22.8 Å². The van der Waals surface area contributed by atoms with E-state index < -0.39 is 0 Å². The molecule has 1 rings (SSSR count). The first-order valence-corrected chi connectivity index (χ1v) is 4.79. The summed E-state index contributed by atoms with van der Waals surface area (Å²) in [6, 6.07) is 0. The summed E-state index contributed by atoms with van der Waals surface area (Å²) in [6.07, 6.45) is 7.37. The maximum Gasteiger partial charge on any atom is 0.273 e. The standard InChI is InChI=1S/C8H8ClNOS/c1-2-3-4-11-8-10-6-7(5-9)12-8/h1,6H,3-5H2. The van der Waals surface area contributed by atoms with Crippen LogP contribution in [-0.4, -0.2) is 11.6 Å². The van der Waals surface area contributed by atoms with Gasteiger partial charge in [0, 0.05) is 17.5 Å². The Balaban J connectivity index is 2.37. The zero-order chi connectivity index (χ0) is 8.81. The first-order valence-electron chi connectivity index (χ1n) is 3.43. The molecule has 0 fully saturated rings. The van der Waals surface area contributed by atoms with Crippen molar-refractivity contribution in [1.29, 1.82) is 0 Å². The molecule has 0 aliphatic rings. The molecule has 12 heavy (non-hydrogen) atoms. The van der Waals surface area contributed by atoms with Crippen LogP contribution in [0.25, 0.3) is 0 Å². The number of aromatic nitrogens is 1. The number of alkyl halides is 1. The molecule has 0 radical (unpaired) electrons. The van der Waals surface area contributed by atoms with Gasteiger partial charge >= 0.3 is 0 Å². The highest BCUT2D eigenvalue weighted by molar-refractivity contribution is 7.13. The van der Waals surface area contributed by atoms with E-state index in [0.29, 0.717) is 24.1 Å². The Kier molecular flexibility index (Phi) is 3.92. The molecule has 0 aromatic carbocycles. The number of hydrogen-bond acceptors (Lipinski definition) is 3. The second-order valence-electron chi connectivity index (χ2n) is 2.03. The van der Waals surface area contributed by atoms with Crippen LogP contribution in [0.15, 0.2) is 6.20 Å². The van der Waals surface area contributed by atoms with Crippen LogP contribution in [-0.2, 0) is 5.88 Å². The summed E-state index contributed by atoms with van der Waals surface area (Å²) in [7, 11) is 0. The molecule has 0 saturated carbocycles. The fourth-order valence-corrected chi connectivity index (χ4v) is 1.48. The Morgan fingerprint density at radius 2 is 2.58 bits per heavy atom. The van der Waals surface area contributed by atoms with Crippen LogP contribution in [0.4, 0.5) is 0 Å². The molecule has 1 aromatic rings. The minimum Gasteiger partial charge on any atom is -0.469 e. The predicted octanol–water partition coefficient (Wildman–Crippen LogP) is 2.28. The highest BCUT2D eigenvalue weighted by atomic mass is 35.5. The molecule has 1 heterocycles. The van der Waals surface area contributed by atoms with Crippen molar-refractivity contribution < 1.29 is 4.74 Å². The van der Waals surface area contributed by atoms with E-state index in [1.165, 1.54) is 11.3 Å². The molecule has 0 atom stereocenters. The molecule has 64 valence electrons. The van der Waals surface area contributed by atoms with Gasteiger partial charge in [0.15, 0.2) is 0 Å². The second-order valence-corrected chi connectivity index (χ2v) is 3.37. The van der Waals surface area contributed by atoms with Crippen LogP contribution in [0, 0.1) is 12.3 Å². The number of ether oxygens (including phenoxy) is 1. The van der Waals surface area contributed by atoms with Crippen molar-refractivity contribution in [2.45, 2.75) is 12.3 Å². The van der Waals surface area contributed by atoms with Crippen molar-refractivity contribution in [2.24, 2.45) is 0 Å². The normalized spacial score (nSPS) is 9.33. The van der Waals surface area contributed by atoms with Gasteiger partial charge in [0.25, 0.3) is 5.19 Å². The van der Waals surface area contributed by atoms with Crippen molar-refractivity contribution in [3.8, 4) is 17.5 Å². The van der Waals surface area contributed by atoms with Crippen molar-refractivity contribution >= 4 is 22.9 Å². The van der Waals surface area contributed by atoms with Gasteiger partial charge in [-0.2, -0.15) is 0 Å². The Labute approximate surface area is 80.5 Å². The van der Waals surface area contributed by atoms with Crippen molar-refractivity contribution in [3.05, 3.63) is 11.1 Å². The topological polar surface area (TPSA) is 22.1 Å². The largest absolute Gasteiger partial charge is 0.469 e. The molecule has 0 spiro atoms. The third-order valence-electron chi connectivity index (χ3n) is 1.14. The minimum atomic E-state index is 0.482. The summed E-state index contributed by atoms with van der Waals surface area (Å²) in [5.74, 6) is 2.97.